The van der Waals surface area contributed by atoms with Crippen LogP contribution in [0.1, 0.15) is 10.4 Å². The van der Waals surface area contributed by atoms with Gasteiger partial charge in [0.05, 0.1) is 5.52 Å². The summed E-state index contributed by atoms with van der Waals surface area (Å²) in [6.45, 7) is 0. The highest BCUT2D eigenvalue weighted by Crippen LogP contribution is 2.29. The van der Waals surface area contributed by atoms with Gasteiger partial charge in [-0.05, 0) is 35.4 Å². The molecule has 1 unspecified atom stereocenters. The van der Waals surface area contributed by atoms with Gasteiger partial charge in [-0.15, -0.1) is 0 Å². The molecule has 1 aromatic heterocycles. The maximum atomic E-state index is 12.9. The Morgan fingerprint density at radius 3 is 2.46 bits per heavy atom. The van der Waals surface area contributed by atoms with E-state index in [1.165, 1.54) is 29.8 Å². The van der Waals surface area contributed by atoms with Gasteiger partial charge in [0, 0.05) is 31.2 Å². The van der Waals surface area contributed by atoms with Gasteiger partial charge in [0.25, 0.3) is 11.5 Å². The Hall–Kier alpha value is -2.77. The lowest BCUT2D eigenvalue weighted by Crippen LogP contribution is -2.34. The number of rotatable bonds is 3. The number of amides is 1. The summed E-state index contributed by atoms with van der Waals surface area (Å²) >= 11 is -1.25. The van der Waals surface area contributed by atoms with Crippen LogP contribution in [-0.4, -0.2) is 33.4 Å². The first kappa shape index (κ1) is 18.0. The number of para-hydroxylation sites is 1. The molecule has 134 valence electrons. The molecule has 0 aliphatic heterocycles. The van der Waals surface area contributed by atoms with E-state index in [9.17, 15) is 19.2 Å². The summed E-state index contributed by atoms with van der Waals surface area (Å²) in [4.78, 5) is 27.4. The van der Waals surface area contributed by atoms with Gasteiger partial charge < -0.3 is 19.1 Å². The van der Waals surface area contributed by atoms with Gasteiger partial charge in [-0.2, -0.15) is 0 Å². The number of hydrogen-bond acceptors (Lipinski definition) is 4. The molecule has 0 radical (unpaired) electrons. The fourth-order valence-corrected chi connectivity index (χ4v) is 3.36. The quantitative estimate of drug-likeness (QED) is 0.717. The molecule has 1 N–H and O–H groups in total. The number of aromatic nitrogens is 1. The molecule has 0 saturated heterocycles. The van der Waals surface area contributed by atoms with Crippen LogP contribution < -0.4 is 10.5 Å². The fraction of sp³-hybridized carbons (Fsp3) is 0.158. The number of aromatic hydroxyl groups is 1. The number of hydrogen-bond donors (Lipinski definition) is 1. The van der Waals surface area contributed by atoms with Crippen molar-refractivity contribution in [3.05, 3.63) is 64.4 Å². The number of carbonyl (C=O) groups is 1. The van der Waals surface area contributed by atoms with Gasteiger partial charge in [0.1, 0.15) is 17.6 Å². The van der Waals surface area contributed by atoms with Crippen molar-refractivity contribution in [1.82, 2.24) is 4.57 Å². The van der Waals surface area contributed by atoms with Gasteiger partial charge in [-0.25, -0.2) is 0 Å². The molecule has 6 nitrogen and oxygen atoms in total. The summed E-state index contributed by atoms with van der Waals surface area (Å²) in [5.41, 5.74) is 0.154. The number of aryl methyl sites for hydroxylation is 1. The molecule has 1 atom stereocenters. The lowest BCUT2D eigenvalue weighted by atomic mass is 10.1. The van der Waals surface area contributed by atoms with Crippen molar-refractivity contribution >= 4 is 33.7 Å². The van der Waals surface area contributed by atoms with Crippen molar-refractivity contribution in [1.29, 1.82) is 0 Å². The minimum atomic E-state index is -1.25. The number of fused-ring (bicyclic) bond motifs is 1. The molecule has 0 fully saturated rings. The van der Waals surface area contributed by atoms with Crippen LogP contribution in [0.2, 0.25) is 0 Å². The Morgan fingerprint density at radius 2 is 1.85 bits per heavy atom. The molecule has 0 saturated carbocycles. The van der Waals surface area contributed by atoms with Crippen molar-refractivity contribution < 1.29 is 14.5 Å². The van der Waals surface area contributed by atoms with E-state index in [-0.39, 0.29) is 5.56 Å². The van der Waals surface area contributed by atoms with E-state index in [2.05, 4.69) is 0 Å². The van der Waals surface area contributed by atoms with Crippen molar-refractivity contribution in [2.24, 2.45) is 7.05 Å². The van der Waals surface area contributed by atoms with Crippen molar-refractivity contribution in [2.75, 3.05) is 18.2 Å². The van der Waals surface area contributed by atoms with Crippen LogP contribution in [0.15, 0.2) is 58.2 Å². The average molecular weight is 370 g/mol. The number of benzene rings is 2. The van der Waals surface area contributed by atoms with Gasteiger partial charge in [0.15, 0.2) is 4.90 Å². The van der Waals surface area contributed by atoms with Gasteiger partial charge in [-0.1, -0.05) is 18.2 Å². The third-order valence-corrected chi connectivity index (χ3v) is 5.25. The molecule has 0 bridgehead atoms. The SMILES string of the molecule is CN(C(=O)c1c(O)c2cc([S+](C)[O-])ccc2n(C)c1=O)c1ccccc1. The van der Waals surface area contributed by atoms with Gasteiger partial charge in [-0.3, -0.25) is 9.59 Å². The van der Waals surface area contributed by atoms with Crippen LogP contribution in [0, 0.1) is 0 Å². The van der Waals surface area contributed by atoms with E-state index >= 15 is 0 Å². The Kier molecular flexibility index (Phi) is 4.76. The van der Waals surface area contributed by atoms with E-state index < -0.39 is 28.4 Å². The number of nitrogens with zero attached hydrogens (tertiary/aromatic N) is 2. The first-order chi connectivity index (χ1) is 12.3. The zero-order chi connectivity index (χ0) is 19.0. The summed E-state index contributed by atoms with van der Waals surface area (Å²) in [5, 5.41) is 11.0. The molecule has 2 aromatic carbocycles. The Morgan fingerprint density at radius 1 is 1.19 bits per heavy atom. The van der Waals surface area contributed by atoms with Crippen LogP contribution in [0.5, 0.6) is 5.75 Å². The summed E-state index contributed by atoms with van der Waals surface area (Å²) in [5.74, 6) is -1.01. The molecule has 1 amide bonds. The fourth-order valence-electron chi connectivity index (χ4n) is 2.82. The second-order valence-corrected chi connectivity index (χ2v) is 7.30. The highest BCUT2D eigenvalue weighted by molar-refractivity contribution is 7.90. The molecule has 7 heteroatoms. The van der Waals surface area contributed by atoms with Gasteiger partial charge in [0.2, 0.25) is 0 Å². The minimum absolute atomic E-state index is 0.310. The van der Waals surface area contributed by atoms with Crippen LogP contribution in [0.3, 0.4) is 0 Å². The highest BCUT2D eigenvalue weighted by Gasteiger charge is 2.25. The lowest BCUT2D eigenvalue weighted by Gasteiger charge is -2.19. The maximum absolute atomic E-state index is 12.9. The summed E-state index contributed by atoms with van der Waals surface area (Å²) in [6.07, 6.45) is 1.52. The van der Waals surface area contributed by atoms with E-state index in [0.717, 1.165) is 0 Å². The van der Waals surface area contributed by atoms with E-state index in [1.54, 1.807) is 42.5 Å². The smallest absolute Gasteiger partial charge is 0.267 e. The molecule has 0 aliphatic rings. The summed E-state index contributed by atoms with van der Waals surface area (Å²) in [7, 11) is 3.07. The van der Waals surface area contributed by atoms with Crippen molar-refractivity contribution in [3.8, 4) is 5.75 Å². The molecule has 0 aliphatic carbocycles. The molecule has 26 heavy (non-hydrogen) atoms. The van der Waals surface area contributed by atoms with Crippen LogP contribution >= 0.6 is 0 Å². The predicted molar refractivity (Wildman–Crippen MR) is 102 cm³/mol. The number of anilines is 1. The molecule has 3 rings (SSSR count). The highest BCUT2D eigenvalue weighted by atomic mass is 32.2. The standard InChI is InChI=1S/C19H18N2O4S/c1-20(12-7-5-4-6-8-12)18(23)16-17(22)14-11-13(26(3)25)9-10-15(14)21(2)19(16)24/h4-11,22H,1-3H3. The monoisotopic (exact) mass is 370 g/mol. The Bertz CT molecular complexity index is 1040. The Balaban J connectivity index is 2.22. The van der Waals surface area contributed by atoms with Crippen LogP contribution in [-0.2, 0) is 18.2 Å². The molecule has 1 heterocycles. The number of pyridine rings is 1. The summed E-state index contributed by atoms with van der Waals surface area (Å²) in [6, 6.07) is 13.6. The normalized spacial score (nSPS) is 12.2. The van der Waals surface area contributed by atoms with E-state index in [1.807, 2.05) is 6.07 Å². The maximum Gasteiger partial charge on any atom is 0.267 e. The van der Waals surface area contributed by atoms with Gasteiger partial charge >= 0.3 is 0 Å². The predicted octanol–water partition coefficient (Wildman–Crippen LogP) is 2.26. The molecular formula is C19H18N2O4S. The van der Waals surface area contributed by atoms with Crippen molar-refractivity contribution in [3.63, 3.8) is 0 Å². The number of carbonyl (C=O) groups excluding carboxylic acids is 1. The van der Waals surface area contributed by atoms with Crippen molar-refractivity contribution in [2.45, 2.75) is 4.90 Å². The first-order valence-corrected chi connectivity index (χ1v) is 9.41. The third-order valence-electron chi connectivity index (χ3n) is 4.33. The zero-order valence-corrected chi connectivity index (χ0v) is 15.4. The molecule has 3 aromatic rings. The average Bonchev–Trinajstić information content (AvgIpc) is 2.65. The minimum Gasteiger partial charge on any atom is -0.612 e. The summed E-state index contributed by atoms with van der Waals surface area (Å²) < 4.78 is 13.1. The van der Waals surface area contributed by atoms with E-state index in [0.29, 0.717) is 21.5 Å². The Labute approximate surface area is 153 Å². The third kappa shape index (κ3) is 2.95. The molecular weight excluding hydrogens is 352 g/mol. The zero-order valence-electron chi connectivity index (χ0n) is 14.6. The second kappa shape index (κ2) is 6.86. The van der Waals surface area contributed by atoms with E-state index in [4.69, 9.17) is 0 Å². The van der Waals surface area contributed by atoms with Crippen LogP contribution in [0.4, 0.5) is 5.69 Å². The lowest BCUT2D eigenvalue weighted by molar-refractivity contribution is 0.0988. The topological polar surface area (TPSA) is 85.6 Å². The first-order valence-electron chi connectivity index (χ1n) is 7.85. The largest absolute Gasteiger partial charge is 0.612 e. The second-order valence-electron chi connectivity index (χ2n) is 5.92. The molecule has 0 spiro atoms. The van der Waals surface area contributed by atoms with Crippen LogP contribution in [0.25, 0.3) is 10.9 Å².